The lowest BCUT2D eigenvalue weighted by Crippen LogP contribution is -2.25. The molecule has 2 N–H and O–H groups in total. The number of rotatable bonds is 12. The van der Waals surface area contributed by atoms with E-state index in [1.807, 2.05) is 6.07 Å². The number of methoxy groups -OCH3 is 1. The highest BCUT2D eigenvalue weighted by atomic mass is 16.5. The predicted molar refractivity (Wildman–Crippen MR) is 94.0 cm³/mol. The summed E-state index contributed by atoms with van der Waals surface area (Å²) < 4.78 is 5.08. The molecule has 0 spiro atoms. The number of phenolic OH excluding ortho intramolecular Hbond substituents is 1. The summed E-state index contributed by atoms with van der Waals surface area (Å²) >= 11 is 0. The molecule has 0 aromatic heterocycles. The van der Waals surface area contributed by atoms with E-state index < -0.39 is 0 Å². The van der Waals surface area contributed by atoms with Gasteiger partial charge in [-0.1, -0.05) is 51.5 Å². The maximum atomic E-state index is 11.8. The predicted octanol–water partition coefficient (Wildman–Crippen LogP) is 4.20. The van der Waals surface area contributed by atoms with E-state index in [1.54, 1.807) is 12.1 Å². The lowest BCUT2D eigenvalue weighted by Gasteiger charge is -2.08. The van der Waals surface area contributed by atoms with Gasteiger partial charge in [0.05, 0.1) is 7.11 Å². The second-order valence-electron chi connectivity index (χ2n) is 5.98. The van der Waals surface area contributed by atoms with Crippen LogP contribution in [0, 0.1) is 0 Å². The SMILES string of the molecule is CCCCCCCCCC(=O)NCCc1ccc(O)c(OC)c1. The van der Waals surface area contributed by atoms with Crippen LogP contribution in [0.3, 0.4) is 0 Å². The molecule has 0 aliphatic carbocycles. The molecule has 1 amide bonds. The molecular formula is C19H31NO3. The van der Waals surface area contributed by atoms with Gasteiger partial charge in [-0.2, -0.15) is 0 Å². The number of benzene rings is 1. The molecule has 23 heavy (non-hydrogen) atoms. The quantitative estimate of drug-likeness (QED) is 0.567. The number of amides is 1. The van der Waals surface area contributed by atoms with Crippen LogP contribution >= 0.6 is 0 Å². The van der Waals surface area contributed by atoms with Crippen molar-refractivity contribution in [3.63, 3.8) is 0 Å². The molecule has 4 nitrogen and oxygen atoms in total. The Kier molecular flexibility index (Phi) is 9.92. The van der Waals surface area contributed by atoms with Crippen LogP contribution in [-0.4, -0.2) is 24.7 Å². The maximum Gasteiger partial charge on any atom is 0.220 e. The van der Waals surface area contributed by atoms with Gasteiger partial charge < -0.3 is 15.2 Å². The number of carbonyl (C=O) groups is 1. The minimum Gasteiger partial charge on any atom is -0.504 e. The molecule has 0 saturated heterocycles. The smallest absolute Gasteiger partial charge is 0.220 e. The molecule has 1 aromatic carbocycles. The van der Waals surface area contributed by atoms with E-state index in [2.05, 4.69) is 12.2 Å². The summed E-state index contributed by atoms with van der Waals surface area (Å²) in [6.07, 6.45) is 9.92. The standard InChI is InChI=1S/C19H31NO3/c1-3-4-5-6-7-8-9-10-19(22)20-14-13-16-11-12-17(21)18(15-16)23-2/h11-12,15,21H,3-10,13-14H2,1-2H3,(H,20,22). The first kappa shape index (κ1) is 19.3. The first-order valence-corrected chi connectivity index (χ1v) is 8.80. The molecule has 0 atom stereocenters. The lowest BCUT2D eigenvalue weighted by atomic mass is 10.1. The third-order valence-electron chi connectivity index (χ3n) is 3.99. The van der Waals surface area contributed by atoms with E-state index in [0.717, 1.165) is 24.8 Å². The fourth-order valence-corrected chi connectivity index (χ4v) is 2.55. The van der Waals surface area contributed by atoms with E-state index in [-0.39, 0.29) is 11.7 Å². The molecule has 0 aliphatic rings. The zero-order valence-corrected chi connectivity index (χ0v) is 14.6. The van der Waals surface area contributed by atoms with E-state index in [9.17, 15) is 9.90 Å². The Morgan fingerprint density at radius 3 is 2.52 bits per heavy atom. The molecule has 0 saturated carbocycles. The van der Waals surface area contributed by atoms with Gasteiger partial charge in [0.2, 0.25) is 5.91 Å². The summed E-state index contributed by atoms with van der Waals surface area (Å²) in [5.74, 6) is 0.737. The monoisotopic (exact) mass is 321 g/mol. The van der Waals surface area contributed by atoms with Gasteiger partial charge >= 0.3 is 0 Å². The molecule has 4 heteroatoms. The van der Waals surface area contributed by atoms with Crippen molar-refractivity contribution in [3.8, 4) is 11.5 Å². The second-order valence-corrected chi connectivity index (χ2v) is 5.98. The molecule has 0 unspecified atom stereocenters. The van der Waals surface area contributed by atoms with Crippen LogP contribution < -0.4 is 10.1 Å². The fourth-order valence-electron chi connectivity index (χ4n) is 2.55. The number of aromatic hydroxyl groups is 1. The van der Waals surface area contributed by atoms with Crippen LogP contribution in [0.5, 0.6) is 11.5 Å². The Hall–Kier alpha value is -1.71. The summed E-state index contributed by atoms with van der Waals surface area (Å²) in [6.45, 7) is 2.84. The molecule has 0 aliphatic heterocycles. The summed E-state index contributed by atoms with van der Waals surface area (Å²) in [4.78, 5) is 11.8. The van der Waals surface area contributed by atoms with Crippen LogP contribution in [0.25, 0.3) is 0 Å². The minimum atomic E-state index is 0.129. The third-order valence-corrected chi connectivity index (χ3v) is 3.99. The molecule has 1 aromatic rings. The van der Waals surface area contributed by atoms with Crippen molar-refractivity contribution in [2.75, 3.05) is 13.7 Å². The van der Waals surface area contributed by atoms with Crippen molar-refractivity contribution in [3.05, 3.63) is 23.8 Å². The van der Waals surface area contributed by atoms with Crippen LogP contribution in [0.4, 0.5) is 0 Å². The topological polar surface area (TPSA) is 58.6 Å². The molecular weight excluding hydrogens is 290 g/mol. The number of nitrogens with one attached hydrogen (secondary N) is 1. The number of phenols is 1. The molecule has 0 bridgehead atoms. The average Bonchev–Trinajstić information content (AvgIpc) is 2.55. The maximum absolute atomic E-state index is 11.8. The van der Waals surface area contributed by atoms with E-state index in [1.165, 1.54) is 39.2 Å². The molecule has 0 heterocycles. The highest BCUT2D eigenvalue weighted by molar-refractivity contribution is 5.75. The molecule has 1 rings (SSSR count). The van der Waals surface area contributed by atoms with Crippen molar-refractivity contribution in [1.82, 2.24) is 5.32 Å². The van der Waals surface area contributed by atoms with Crippen LogP contribution in [0.15, 0.2) is 18.2 Å². The summed E-state index contributed by atoms with van der Waals surface area (Å²) in [5, 5.41) is 12.5. The van der Waals surface area contributed by atoms with E-state index in [4.69, 9.17) is 4.74 Å². The Morgan fingerprint density at radius 1 is 1.13 bits per heavy atom. The Labute approximate surface area is 140 Å². The second kappa shape index (κ2) is 11.8. The van der Waals surface area contributed by atoms with Gasteiger partial charge in [0.15, 0.2) is 11.5 Å². The van der Waals surface area contributed by atoms with Crippen LogP contribution in [-0.2, 0) is 11.2 Å². The van der Waals surface area contributed by atoms with Gasteiger partial charge in [0.1, 0.15) is 0 Å². The Balaban J connectivity index is 2.10. The van der Waals surface area contributed by atoms with E-state index >= 15 is 0 Å². The average molecular weight is 321 g/mol. The summed E-state index contributed by atoms with van der Waals surface area (Å²) in [7, 11) is 1.53. The minimum absolute atomic E-state index is 0.129. The van der Waals surface area contributed by atoms with Gasteiger partial charge in [0, 0.05) is 13.0 Å². The van der Waals surface area contributed by atoms with Crippen molar-refractivity contribution in [2.24, 2.45) is 0 Å². The molecule has 0 radical (unpaired) electrons. The van der Waals surface area contributed by atoms with Gasteiger partial charge in [0.25, 0.3) is 0 Å². The summed E-state index contributed by atoms with van der Waals surface area (Å²) in [6, 6.07) is 5.27. The van der Waals surface area contributed by atoms with Gasteiger partial charge in [-0.3, -0.25) is 4.79 Å². The van der Waals surface area contributed by atoms with Crippen molar-refractivity contribution in [1.29, 1.82) is 0 Å². The lowest BCUT2D eigenvalue weighted by molar-refractivity contribution is -0.121. The van der Waals surface area contributed by atoms with Crippen molar-refractivity contribution >= 4 is 5.91 Å². The Bertz CT molecular complexity index is 460. The van der Waals surface area contributed by atoms with Gasteiger partial charge in [-0.05, 0) is 30.5 Å². The number of hydrogen-bond donors (Lipinski definition) is 2. The first-order valence-electron chi connectivity index (χ1n) is 8.80. The third kappa shape index (κ3) is 8.48. The number of ether oxygens (including phenoxy) is 1. The zero-order valence-electron chi connectivity index (χ0n) is 14.6. The first-order chi connectivity index (χ1) is 11.2. The number of hydrogen-bond acceptors (Lipinski definition) is 3. The highest BCUT2D eigenvalue weighted by Crippen LogP contribution is 2.26. The zero-order chi connectivity index (χ0) is 16.9. The van der Waals surface area contributed by atoms with Crippen molar-refractivity contribution < 1.29 is 14.6 Å². The van der Waals surface area contributed by atoms with Gasteiger partial charge in [-0.25, -0.2) is 0 Å². The largest absolute Gasteiger partial charge is 0.504 e. The Morgan fingerprint density at radius 2 is 1.83 bits per heavy atom. The highest BCUT2D eigenvalue weighted by Gasteiger charge is 2.04. The van der Waals surface area contributed by atoms with Crippen molar-refractivity contribution in [2.45, 2.75) is 64.7 Å². The number of unbranched alkanes of at least 4 members (excludes halogenated alkanes) is 6. The summed E-state index contributed by atoms with van der Waals surface area (Å²) in [5.41, 5.74) is 1.04. The normalized spacial score (nSPS) is 10.5. The molecule has 130 valence electrons. The van der Waals surface area contributed by atoms with Gasteiger partial charge in [-0.15, -0.1) is 0 Å². The van der Waals surface area contributed by atoms with Crippen LogP contribution in [0.1, 0.15) is 63.9 Å². The van der Waals surface area contributed by atoms with E-state index in [0.29, 0.717) is 18.7 Å². The number of carbonyl (C=O) groups excluding carboxylic acids is 1. The fraction of sp³-hybridized carbons (Fsp3) is 0.632. The molecule has 0 fully saturated rings. The van der Waals surface area contributed by atoms with Crippen LogP contribution in [0.2, 0.25) is 0 Å².